The SMILES string of the molecule is CC(C)(C)OC(=O)c1cc(Br)ccc1N=[N+]=[N-]. The number of azide groups is 1. The molecule has 0 bridgehead atoms. The van der Waals surface area contributed by atoms with Gasteiger partial charge in [-0.1, -0.05) is 27.1 Å². The quantitative estimate of drug-likeness (QED) is 0.352. The number of halogens is 1. The van der Waals surface area contributed by atoms with Crippen molar-refractivity contribution < 1.29 is 9.53 Å². The minimum absolute atomic E-state index is 0.243. The van der Waals surface area contributed by atoms with E-state index >= 15 is 0 Å². The van der Waals surface area contributed by atoms with Gasteiger partial charge in [-0.25, -0.2) is 4.79 Å². The fraction of sp³-hybridized carbons (Fsp3) is 0.364. The summed E-state index contributed by atoms with van der Waals surface area (Å²) in [6.07, 6.45) is 0. The summed E-state index contributed by atoms with van der Waals surface area (Å²) in [6, 6.07) is 4.82. The van der Waals surface area contributed by atoms with Crippen molar-refractivity contribution in [3.05, 3.63) is 38.7 Å². The molecule has 17 heavy (non-hydrogen) atoms. The van der Waals surface area contributed by atoms with E-state index in [1.54, 1.807) is 39.0 Å². The van der Waals surface area contributed by atoms with E-state index in [0.29, 0.717) is 0 Å². The van der Waals surface area contributed by atoms with Crippen LogP contribution in [0.3, 0.4) is 0 Å². The zero-order chi connectivity index (χ0) is 13.1. The third-order valence-electron chi connectivity index (χ3n) is 1.73. The van der Waals surface area contributed by atoms with Gasteiger partial charge in [0.1, 0.15) is 5.60 Å². The molecule has 1 aromatic rings. The number of nitrogens with zero attached hydrogens (tertiary/aromatic N) is 3. The molecule has 0 aliphatic heterocycles. The van der Waals surface area contributed by atoms with Crippen LogP contribution in [-0.4, -0.2) is 11.6 Å². The summed E-state index contributed by atoms with van der Waals surface area (Å²) < 4.78 is 5.94. The summed E-state index contributed by atoms with van der Waals surface area (Å²) in [7, 11) is 0. The molecule has 0 radical (unpaired) electrons. The van der Waals surface area contributed by atoms with Crippen molar-refractivity contribution in [2.45, 2.75) is 26.4 Å². The number of rotatable bonds is 2. The predicted molar refractivity (Wildman–Crippen MR) is 68.1 cm³/mol. The molecule has 0 saturated heterocycles. The first-order valence-corrected chi connectivity index (χ1v) is 5.71. The second-order valence-corrected chi connectivity index (χ2v) is 5.27. The average molecular weight is 298 g/mol. The monoisotopic (exact) mass is 297 g/mol. The smallest absolute Gasteiger partial charge is 0.339 e. The summed E-state index contributed by atoms with van der Waals surface area (Å²) in [5.74, 6) is -0.513. The number of benzene rings is 1. The van der Waals surface area contributed by atoms with Crippen LogP contribution in [0.25, 0.3) is 10.4 Å². The molecule has 5 nitrogen and oxygen atoms in total. The lowest BCUT2D eigenvalue weighted by Crippen LogP contribution is -2.23. The summed E-state index contributed by atoms with van der Waals surface area (Å²) in [4.78, 5) is 14.6. The molecular formula is C11H12BrN3O2. The van der Waals surface area contributed by atoms with Gasteiger partial charge in [0.25, 0.3) is 0 Å². The molecule has 1 aromatic carbocycles. The number of hydrogen-bond acceptors (Lipinski definition) is 3. The Bertz CT molecular complexity index is 488. The molecule has 6 heteroatoms. The molecule has 0 N–H and O–H groups in total. The van der Waals surface area contributed by atoms with Crippen molar-refractivity contribution in [3.8, 4) is 0 Å². The van der Waals surface area contributed by atoms with Gasteiger partial charge in [-0.05, 0) is 38.4 Å². The van der Waals surface area contributed by atoms with Crippen molar-refractivity contribution >= 4 is 27.6 Å². The lowest BCUT2D eigenvalue weighted by Gasteiger charge is -2.20. The van der Waals surface area contributed by atoms with Gasteiger partial charge in [0.05, 0.1) is 11.3 Å². The van der Waals surface area contributed by atoms with Crippen LogP contribution in [-0.2, 0) is 4.74 Å². The van der Waals surface area contributed by atoms with Crippen LogP contribution in [0.4, 0.5) is 5.69 Å². The third kappa shape index (κ3) is 4.09. The highest BCUT2D eigenvalue weighted by Crippen LogP contribution is 2.26. The zero-order valence-electron chi connectivity index (χ0n) is 9.77. The van der Waals surface area contributed by atoms with E-state index in [4.69, 9.17) is 10.3 Å². The van der Waals surface area contributed by atoms with Crippen LogP contribution < -0.4 is 0 Å². The van der Waals surface area contributed by atoms with E-state index in [2.05, 4.69) is 26.0 Å². The van der Waals surface area contributed by atoms with Crippen LogP contribution in [0.1, 0.15) is 31.1 Å². The lowest BCUT2D eigenvalue weighted by atomic mass is 10.1. The molecule has 0 atom stereocenters. The molecule has 0 aromatic heterocycles. The number of carbonyl (C=O) groups excluding carboxylic acids is 1. The van der Waals surface area contributed by atoms with Gasteiger partial charge in [-0.3, -0.25) is 0 Å². The minimum atomic E-state index is -0.590. The number of ether oxygens (including phenoxy) is 1. The average Bonchev–Trinajstić information content (AvgIpc) is 2.18. The molecule has 0 amide bonds. The Morgan fingerprint density at radius 1 is 1.47 bits per heavy atom. The van der Waals surface area contributed by atoms with Gasteiger partial charge in [-0.15, -0.1) is 0 Å². The Labute approximate surface area is 108 Å². The number of esters is 1. The second-order valence-electron chi connectivity index (χ2n) is 4.35. The van der Waals surface area contributed by atoms with Gasteiger partial charge in [0, 0.05) is 9.38 Å². The van der Waals surface area contributed by atoms with Gasteiger partial charge in [-0.2, -0.15) is 0 Å². The maximum atomic E-state index is 11.9. The molecule has 0 unspecified atom stereocenters. The van der Waals surface area contributed by atoms with E-state index in [0.717, 1.165) is 4.47 Å². The molecule has 0 aliphatic rings. The molecule has 1 rings (SSSR count). The lowest BCUT2D eigenvalue weighted by molar-refractivity contribution is 0.00705. The van der Waals surface area contributed by atoms with Crippen LogP contribution in [0.5, 0.6) is 0 Å². The standard InChI is InChI=1S/C11H12BrN3O2/c1-11(2,3)17-10(16)8-6-7(12)4-5-9(8)14-15-13/h4-6H,1-3H3. The van der Waals surface area contributed by atoms with Gasteiger partial charge in [0.15, 0.2) is 0 Å². The molecular weight excluding hydrogens is 286 g/mol. The largest absolute Gasteiger partial charge is 0.456 e. The summed E-state index contributed by atoms with van der Waals surface area (Å²) in [5.41, 5.74) is 8.33. The van der Waals surface area contributed by atoms with Crippen LogP contribution in [0.15, 0.2) is 27.8 Å². The van der Waals surface area contributed by atoms with E-state index in [9.17, 15) is 4.79 Å². The first-order chi connectivity index (χ1) is 7.83. The van der Waals surface area contributed by atoms with Crippen molar-refractivity contribution in [3.63, 3.8) is 0 Å². The maximum absolute atomic E-state index is 11.9. The highest BCUT2D eigenvalue weighted by molar-refractivity contribution is 9.10. The van der Waals surface area contributed by atoms with E-state index in [1.165, 1.54) is 0 Å². The molecule has 0 fully saturated rings. The van der Waals surface area contributed by atoms with Gasteiger partial charge < -0.3 is 4.74 Å². The number of carbonyl (C=O) groups is 1. The highest BCUT2D eigenvalue weighted by atomic mass is 79.9. The number of hydrogen-bond donors (Lipinski definition) is 0. The Morgan fingerprint density at radius 3 is 2.65 bits per heavy atom. The fourth-order valence-corrected chi connectivity index (χ4v) is 1.50. The van der Waals surface area contributed by atoms with Gasteiger partial charge in [0.2, 0.25) is 0 Å². The van der Waals surface area contributed by atoms with E-state index in [-0.39, 0.29) is 11.3 Å². The molecule has 0 spiro atoms. The summed E-state index contributed by atoms with van der Waals surface area (Å²) in [6.45, 7) is 5.32. The molecule has 0 aliphatic carbocycles. The Balaban J connectivity index is 3.15. The first kappa shape index (κ1) is 13.5. The van der Waals surface area contributed by atoms with Crippen LogP contribution >= 0.6 is 15.9 Å². The molecule has 0 saturated carbocycles. The van der Waals surface area contributed by atoms with E-state index in [1.807, 2.05) is 0 Å². The fourth-order valence-electron chi connectivity index (χ4n) is 1.14. The molecule has 90 valence electrons. The maximum Gasteiger partial charge on any atom is 0.339 e. The first-order valence-electron chi connectivity index (χ1n) is 4.91. The zero-order valence-corrected chi connectivity index (χ0v) is 11.4. The Hall–Kier alpha value is -1.52. The van der Waals surface area contributed by atoms with Crippen molar-refractivity contribution in [1.82, 2.24) is 0 Å². The second kappa shape index (κ2) is 5.21. The summed E-state index contributed by atoms with van der Waals surface area (Å²) in [5, 5.41) is 3.46. The van der Waals surface area contributed by atoms with E-state index < -0.39 is 11.6 Å². The third-order valence-corrected chi connectivity index (χ3v) is 2.22. The summed E-state index contributed by atoms with van der Waals surface area (Å²) >= 11 is 3.25. The van der Waals surface area contributed by atoms with Crippen LogP contribution in [0.2, 0.25) is 0 Å². The Kier molecular flexibility index (Phi) is 4.15. The Morgan fingerprint density at radius 2 is 2.12 bits per heavy atom. The van der Waals surface area contributed by atoms with Crippen molar-refractivity contribution in [2.75, 3.05) is 0 Å². The molecule has 0 heterocycles. The topological polar surface area (TPSA) is 75.1 Å². The van der Waals surface area contributed by atoms with Gasteiger partial charge >= 0.3 is 5.97 Å². The highest BCUT2D eigenvalue weighted by Gasteiger charge is 2.20. The van der Waals surface area contributed by atoms with Crippen molar-refractivity contribution in [1.29, 1.82) is 0 Å². The minimum Gasteiger partial charge on any atom is -0.456 e. The van der Waals surface area contributed by atoms with Crippen LogP contribution in [0, 0.1) is 0 Å². The van der Waals surface area contributed by atoms with Crippen molar-refractivity contribution in [2.24, 2.45) is 5.11 Å². The predicted octanol–water partition coefficient (Wildman–Crippen LogP) is 4.35. The normalized spacial score (nSPS) is 10.6.